The van der Waals surface area contributed by atoms with Crippen LogP contribution in [0, 0.1) is 17.7 Å². The molecule has 2 nitrogen and oxygen atoms in total. The largest absolute Gasteiger partial charge is 0.454 e. The molecule has 0 aliphatic heterocycles. The van der Waals surface area contributed by atoms with E-state index in [0.29, 0.717) is 6.07 Å². The highest BCUT2D eigenvalue weighted by Crippen LogP contribution is 2.38. The van der Waals surface area contributed by atoms with Crippen LogP contribution in [0.25, 0.3) is 0 Å². The summed E-state index contributed by atoms with van der Waals surface area (Å²) < 4.78 is 69.8. The van der Waals surface area contributed by atoms with Gasteiger partial charge in [-0.1, -0.05) is 95.9 Å². The summed E-state index contributed by atoms with van der Waals surface area (Å²) in [6.45, 7) is 4.33. The molecule has 40 heavy (non-hydrogen) atoms. The highest BCUT2D eigenvalue weighted by Gasteiger charge is 2.42. The summed E-state index contributed by atoms with van der Waals surface area (Å²) in [4.78, 5) is 0. The van der Waals surface area contributed by atoms with Gasteiger partial charge in [0.2, 0.25) is 0 Å². The van der Waals surface area contributed by atoms with Crippen molar-refractivity contribution in [3.05, 3.63) is 89.0 Å². The first-order valence-electron chi connectivity index (χ1n) is 14.7. The van der Waals surface area contributed by atoms with Crippen molar-refractivity contribution in [1.82, 2.24) is 0 Å². The van der Waals surface area contributed by atoms with Crippen LogP contribution in [0.15, 0.2) is 54.6 Å². The summed E-state index contributed by atoms with van der Waals surface area (Å²) in [5, 5.41) is 0. The van der Waals surface area contributed by atoms with Gasteiger partial charge in [0, 0.05) is 6.07 Å². The molecule has 217 valence electrons. The van der Waals surface area contributed by atoms with Gasteiger partial charge in [-0.3, -0.25) is 0 Å². The zero-order valence-electron chi connectivity index (χ0n) is 23.7. The fourth-order valence-electron chi connectivity index (χ4n) is 4.63. The molecule has 0 saturated heterocycles. The third kappa shape index (κ3) is 9.87. The fraction of sp³-hybridized carbons (Fsp3) is 0.471. The summed E-state index contributed by atoms with van der Waals surface area (Å²) in [6.07, 6.45) is 10.4. The summed E-state index contributed by atoms with van der Waals surface area (Å²) in [7, 11) is 0. The second-order valence-electron chi connectivity index (χ2n) is 10.3. The molecule has 0 bridgehead atoms. The van der Waals surface area contributed by atoms with E-state index >= 15 is 13.2 Å². The van der Waals surface area contributed by atoms with Crippen molar-refractivity contribution in [2.75, 3.05) is 0 Å². The second kappa shape index (κ2) is 16.3. The van der Waals surface area contributed by atoms with Crippen LogP contribution in [0.1, 0.15) is 101 Å². The molecule has 0 unspecified atom stereocenters. The van der Waals surface area contributed by atoms with E-state index in [0.717, 1.165) is 56.1 Å². The molecular formula is C34H41F4O2. The first kappa shape index (κ1) is 31.5. The van der Waals surface area contributed by atoms with Gasteiger partial charge in [0.1, 0.15) is 22.9 Å². The summed E-state index contributed by atoms with van der Waals surface area (Å²) in [6, 6.07) is 16.1. The molecule has 0 amide bonds. The maximum absolute atomic E-state index is 15.1. The highest BCUT2D eigenvalue weighted by atomic mass is 19.3. The number of halogens is 4. The van der Waals surface area contributed by atoms with E-state index in [9.17, 15) is 4.39 Å². The Kier molecular flexibility index (Phi) is 12.8. The molecule has 0 N–H and O–H groups in total. The normalized spacial score (nSPS) is 11.6. The van der Waals surface area contributed by atoms with Gasteiger partial charge in [-0.15, -0.1) is 0 Å². The predicted molar refractivity (Wildman–Crippen MR) is 152 cm³/mol. The summed E-state index contributed by atoms with van der Waals surface area (Å²) >= 11 is 0. The van der Waals surface area contributed by atoms with Gasteiger partial charge in [0.15, 0.2) is 11.6 Å². The first-order valence-corrected chi connectivity index (χ1v) is 14.7. The Morgan fingerprint density at radius 3 is 1.70 bits per heavy atom. The van der Waals surface area contributed by atoms with Crippen LogP contribution in [0.4, 0.5) is 17.6 Å². The van der Waals surface area contributed by atoms with Gasteiger partial charge in [0.25, 0.3) is 0 Å². The van der Waals surface area contributed by atoms with Crippen molar-refractivity contribution < 1.29 is 27.0 Å². The van der Waals surface area contributed by atoms with Gasteiger partial charge >= 0.3 is 6.11 Å². The zero-order valence-corrected chi connectivity index (χ0v) is 23.7. The van der Waals surface area contributed by atoms with Crippen molar-refractivity contribution in [3.63, 3.8) is 0 Å². The molecule has 0 spiro atoms. The number of aryl methyl sites for hydroxylation is 2. The van der Waals surface area contributed by atoms with Crippen molar-refractivity contribution in [2.45, 2.75) is 103 Å². The molecule has 0 aromatic heterocycles. The molecule has 0 aliphatic carbocycles. The van der Waals surface area contributed by atoms with Crippen molar-refractivity contribution >= 4 is 0 Å². The lowest BCUT2D eigenvalue weighted by atomic mass is 10.0. The predicted octanol–water partition coefficient (Wildman–Crippen LogP) is 11.1. The van der Waals surface area contributed by atoms with Crippen LogP contribution in [0.5, 0.6) is 17.2 Å². The third-order valence-corrected chi connectivity index (χ3v) is 6.98. The van der Waals surface area contributed by atoms with Gasteiger partial charge in [-0.05, 0) is 67.1 Å². The number of rotatable bonds is 18. The van der Waals surface area contributed by atoms with Crippen molar-refractivity contribution in [2.24, 2.45) is 0 Å². The molecule has 0 saturated carbocycles. The minimum absolute atomic E-state index is 0.183. The Morgan fingerprint density at radius 2 is 1.12 bits per heavy atom. The lowest BCUT2D eigenvalue weighted by Crippen LogP contribution is -2.25. The maximum atomic E-state index is 15.1. The smallest absolute Gasteiger partial charge is 0.432 e. The van der Waals surface area contributed by atoms with Gasteiger partial charge in [-0.2, -0.15) is 8.78 Å². The monoisotopic (exact) mass is 557 g/mol. The van der Waals surface area contributed by atoms with E-state index in [1.54, 1.807) is 24.3 Å². The van der Waals surface area contributed by atoms with E-state index < -0.39 is 29.1 Å². The fourth-order valence-corrected chi connectivity index (χ4v) is 4.63. The molecule has 0 atom stereocenters. The van der Waals surface area contributed by atoms with E-state index in [-0.39, 0.29) is 11.5 Å². The summed E-state index contributed by atoms with van der Waals surface area (Å²) in [5.74, 6) is -3.59. The Morgan fingerprint density at radius 1 is 0.650 bits per heavy atom. The van der Waals surface area contributed by atoms with Gasteiger partial charge < -0.3 is 9.47 Å². The number of alkyl halides is 2. The van der Waals surface area contributed by atoms with E-state index in [4.69, 9.17) is 9.47 Å². The summed E-state index contributed by atoms with van der Waals surface area (Å²) in [5.41, 5.74) is 0.578. The SMILES string of the molecule is CCCCCCCCCCc1ccc(OC(F)(F)c2c(F)c[c]c(Oc3ccc(CCCCC)cc3)c2F)cc1. The molecule has 3 aromatic carbocycles. The van der Waals surface area contributed by atoms with Crippen LogP contribution in [0.3, 0.4) is 0 Å². The number of hydrogen-bond donors (Lipinski definition) is 0. The van der Waals surface area contributed by atoms with Crippen LogP contribution in [-0.4, -0.2) is 0 Å². The molecule has 3 aromatic rings. The lowest BCUT2D eigenvalue weighted by molar-refractivity contribution is -0.189. The quantitative estimate of drug-likeness (QED) is 0.114. The standard InChI is InChI=1S/C34H41F4O2/c1-3-5-7-8-9-10-11-13-15-27-18-22-29(23-19-27)40-34(37,38)32-30(35)24-25-31(33(32)36)39-28-20-16-26(17-21-28)14-12-6-4-2/h16-24H,3-15H2,1-2H3. The lowest BCUT2D eigenvalue weighted by Gasteiger charge is -2.20. The maximum Gasteiger partial charge on any atom is 0.432 e. The van der Waals surface area contributed by atoms with Crippen LogP contribution in [-0.2, 0) is 19.0 Å². The van der Waals surface area contributed by atoms with Gasteiger partial charge in [0.05, 0.1) is 0 Å². The molecule has 3 rings (SSSR count). The number of unbranched alkanes of at least 4 members (excludes halogenated alkanes) is 9. The Hall–Kier alpha value is -3.02. The Balaban J connectivity index is 1.58. The highest BCUT2D eigenvalue weighted by molar-refractivity contribution is 5.38. The van der Waals surface area contributed by atoms with Crippen molar-refractivity contribution in [1.29, 1.82) is 0 Å². The molecule has 6 heteroatoms. The minimum atomic E-state index is -4.26. The molecule has 1 radical (unpaired) electrons. The van der Waals surface area contributed by atoms with Crippen molar-refractivity contribution in [3.8, 4) is 17.2 Å². The van der Waals surface area contributed by atoms with E-state index in [1.165, 1.54) is 50.7 Å². The molecular weight excluding hydrogens is 516 g/mol. The minimum Gasteiger partial charge on any atom is -0.454 e. The third-order valence-electron chi connectivity index (χ3n) is 6.98. The molecule has 0 fully saturated rings. The second-order valence-corrected chi connectivity index (χ2v) is 10.3. The van der Waals surface area contributed by atoms with Gasteiger partial charge in [-0.25, -0.2) is 8.78 Å². The number of benzene rings is 3. The molecule has 0 aliphatic rings. The Labute approximate surface area is 236 Å². The average Bonchev–Trinajstić information content (AvgIpc) is 2.93. The average molecular weight is 558 g/mol. The van der Waals surface area contributed by atoms with E-state index in [2.05, 4.69) is 19.9 Å². The number of hydrogen-bond acceptors (Lipinski definition) is 2. The first-order chi connectivity index (χ1) is 19.3. The zero-order chi connectivity index (χ0) is 28.8. The Bertz CT molecular complexity index is 1140. The number of ether oxygens (including phenoxy) is 2. The van der Waals surface area contributed by atoms with Crippen LogP contribution >= 0.6 is 0 Å². The van der Waals surface area contributed by atoms with Crippen LogP contribution in [0.2, 0.25) is 0 Å². The molecule has 0 heterocycles. The van der Waals surface area contributed by atoms with E-state index in [1.807, 2.05) is 12.1 Å². The van der Waals surface area contributed by atoms with Crippen LogP contribution < -0.4 is 9.47 Å². The topological polar surface area (TPSA) is 18.5 Å².